The fraction of sp³-hybridized carbons (Fsp3) is 0.444. The second kappa shape index (κ2) is 5.44. The Kier molecular flexibility index (Phi) is 4.41. The number of ether oxygens (including phenoxy) is 1. The second-order valence-corrected chi connectivity index (χ2v) is 5.12. The smallest absolute Gasteiger partial charge is 0.354 e. The van der Waals surface area contributed by atoms with E-state index in [1.165, 1.54) is 6.92 Å². The molecule has 0 saturated heterocycles. The summed E-state index contributed by atoms with van der Waals surface area (Å²) in [7, 11) is -2.93. The van der Waals surface area contributed by atoms with Crippen LogP contribution in [-0.4, -0.2) is 39.5 Å². The zero-order valence-electron chi connectivity index (χ0n) is 9.66. The Morgan fingerprint density at radius 2 is 2.17 bits per heavy atom. The van der Waals surface area contributed by atoms with Crippen LogP contribution in [0.5, 0.6) is 0 Å². The first-order chi connectivity index (χ1) is 8.29. The molecule has 1 aromatic heterocycles. The van der Waals surface area contributed by atoms with E-state index in [9.17, 15) is 22.0 Å². The molecule has 0 aliphatic heterocycles. The number of esters is 1. The summed E-state index contributed by atoms with van der Waals surface area (Å²) in [6.45, 7) is 0.389. The van der Waals surface area contributed by atoms with Crippen LogP contribution in [0.3, 0.4) is 0 Å². The molecule has 0 bridgehead atoms. The van der Waals surface area contributed by atoms with Crippen molar-refractivity contribution in [3.63, 3.8) is 0 Å². The third kappa shape index (κ3) is 3.05. The molecule has 0 atom stereocenters. The lowest BCUT2D eigenvalue weighted by Crippen LogP contribution is -2.28. The number of hydrogen-bond acceptors (Lipinski definition) is 4. The summed E-state index contributed by atoms with van der Waals surface area (Å²) < 4.78 is 53.4. The number of methoxy groups -OCH3 is 1. The van der Waals surface area contributed by atoms with E-state index in [1.54, 1.807) is 4.72 Å². The van der Waals surface area contributed by atoms with Crippen LogP contribution in [-0.2, 0) is 14.8 Å². The number of carbonyl (C=O) groups is 1. The first-order valence-electron chi connectivity index (χ1n) is 4.83. The number of hydrogen-bond donors (Lipinski definition) is 2. The highest BCUT2D eigenvalue weighted by atomic mass is 32.2. The van der Waals surface area contributed by atoms with Gasteiger partial charge in [-0.25, -0.2) is 26.7 Å². The van der Waals surface area contributed by atoms with Gasteiger partial charge in [-0.2, -0.15) is 0 Å². The summed E-state index contributed by atoms with van der Waals surface area (Å²) in [5.41, 5.74) is 0.0820. The van der Waals surface area contributed by atoms with Gasteiger partial charge in [0.2, 0.25) is 10.0 Å². The van der Waals surface area contributed by atoms with Gasteiger partial charge >= 0.3 is 5.97 Å². The maximum atomic E-state index is 12.0. The van der Waals surface area contributed by atoms with Crippen LogP contribution in [0, 0.1) is 6.92 Å². The highest BCUT2D eigenvalue weighted by Crippen LogP contribution is 2.18. The molecule has 0 saturated carbocycles. The van der Waals surface area contributed by atoms with Crippen molar-refractivity contribution in [2.45, 2.75) is 18.2 Å². The topological polar surface area (TPSA) is 88.3 Å². The summed E-state index contributed by atoms with van der Waals surface area (Å²) in [5, 5.41) is 0. The van der Waals surface area contributed by atoms with E-state index in [-0.39, 0.29) is 16.2 Å². The number of sulfonamides is 1. The number of nitrogens with one attached hydrogen (secondary N) is 2. The zero-order valence-corrected chi connectivity index (χ0v) is 10.5. The van der Waals surface area contributed by atoms with Crippen LogP contribution in [0.25, 0.3) is 0 Å². The number of alkyl halides is 2. The number of aromatic nitrogens is 1. The third-order valence-electron chi connectivity index (χ3n) is 2.20. The highest BCUT2D eigenvalue weighted by molar-refractivity contribution is 7.89. The van der Waals surface area contributed by atoms with Crippen molar-refractivity contribution < 1.29 is 26.7 Å². The van der Waals surface area contributed by atoms with Crippen molar-refractivity contribution in [1.82, 2.24) is 9.71 Å². The summed E-state index contributed by atoms with van der Waals surface area (Å²) >= 11 is 0. The molecule has 0 aromatic carbocycles. The van der Waals surface area contributed by atoms with Gasteiger partial charge in [0.1, 0.15) is 10.6 Å². The fourth-order valence-corrected chi connectivity index (χ4v) is 2.54. The molecule has 0 radical (unpaired) electrons. The molecule has 0 amide bonds. The number of carbonyl (C=O) groups excluding carboxylic acids is 1. The molecule has 102 valence electrons. The first kappa shape index (κ1) is 14.6. The van der Waals surface area contributed by atoms with Gasteiger partial charge in [0.15, 0.2) is 0 Å². The Morgan fingerprint density at radius 3 is 2.67 bits per heavy atom. The molecule has 6 nitrogen and oxygen atoms in total. The van der Waals surface area contributed by atoms with Crippen molar-refractivity contribution in [2.24, 2.45) is 0 Å². The average Bonchev–Trinajstić information content (AvgIpc) is 2.68. The molecule has 0 aliphatic rings. The minimum absolute atomic E-state index is 0.0325. The molecule has 18 heavy (non-hydrogen) atoms. The minimum atomic E-state index is -4.08. The zero-order chi connectivity index (χ0) is 13.9. The lowest BCUT2D eigenvalue weighted by molar-refractivity contribution is 0.0594. The summed E-state index contributed by atoms with van der Waals surface area (Å²) in [6, 6.07) is 0. The molecule has 0 fully saturated rings. The molecule has 1 rings (SSSR count). The van der Waals surface area contributed by atoms with Crippen molar-refractivity contribution in [1.29, 1.82) is 0 Å². The third-order valence-corrected chi connectivity index (χ3v) is 3.75. The van der Waals surface area contributed by atoms with E-state index in [4.69, 9.17) is 0 Å². The standard InChI is InChI=1S/C9H12F2N2O4S/c1-5-6(3-12-8(5)9(14)17-2)18(15,16)13-4-7(10)11/h3,7,12-13H,4H2,1-2H3. The monoisotopic (exact) mass is 282 g/mol. The molecular formula is C9H12F2N2O4S. The van der Waals surface area contributed by atoms with Crippen molar-refractivity contribution in [3.05, 3.63) is 17.5 Å². The Balaban J connectivity index is 3.04. The fourth-order valence-electron chi connectivity index (χ4n) is 1.32. The molecule has 0 unspecified atom stereocenters. The predicted molar refractivity (Wildman–Crippen MR) is 58.1 cm³/mol. The van der Waals surface area contributed by atoms with Gasteiger partial charge in [-0.1, -0.05) is 0 Å². The predicted octanol–water partition coefficient (Wildman–Crippen LogP) is 0.653. The van der Waals surface area contributed by atoms with Crippen molar-refractivity contribution >= 4 is 16.0 Å². The van der Waals surface area contributed by atoms with Crippen molar-refractivity contribution in [2.75, 3.05) is 13.7 Å². The molecule has 2 N–H and O–H groups in total. The number of H-pyrrole nitrogens is 1. The van der Waals surface area contributed by atoms with E-state index in [2.05, 4.69) is 9.72 Å². The van der Waals surface area contributed by atoms with Crippen LogP contribution in [0.2, 0.25) is 0 Å². The lowest BCUT2D eigenvalue weighted by atomic mass is 10.3. The number of rotatable bonds is 5. The van der Waals surface area contributed by atoms with Crippen molar-refractivity contribution in [3.8, 4) is 0 Å². The van der Waals surface area contributed by atoms with Gasteiger partial charge < -0.3 is 9.72 Å². The summed E-state index contributed by atoms with van der Waals surface area (Å²) in [4.78, 5) is 13.4. The van der Waals surface area contributed by atoms with Crippen LogP contribution in [0.4, 0.5) is 8.78 Å². The van der Waals surface area contributed by atoms with E-state index in [0.717, 1.165) is 13.3 Å². The Labute approximate surface area is 102 Å². The number of halogens is 2. The maximum Gasteiger partial charge on any atom is 0.354 e. The minimum Gasteiger partial charge on any atom is -0.464 e. The van der Waals surface area contributed by atoms with Crippen LogP contribution < -0.4 is 4.72 Å². The molecule has 1 heterocycles. The SMILES string of the molecule is COC(=O)c1[nH]cc(S(=O)(=O)NCC(F)F)c1C. The molecule has 9 heteroatoms. The van der Waals surface area contributed by atoms with E-state index < -0.39 is 29.0 Å². The second-order valence-electron chi connectivity index (χ2n) is 3.39. The molecule has 0 aliphatic carbocycles. The quantitative estimate of drug-likeness (QED) is 0.776. The highest BCUT2D eigenvalue weighted by Gasteiger charge is 2.24. The normalized spacial score (nSPS) is 11.8. The van der Waals surface area contributed by atoms with Gasteiger partial charge in [-0.15, -0.1) is 0 Å². The summed E-state index contributed by atoms with van der Waals surface area (Å²) in [5.74, 6) is -0.734. The van der Waals surface area contributed by atoms with Gasteiger partial charge in [-0.05, 0) is 6.92 Å². The van der Waals surface area contributed by atoms with Gasteiger partial charge in [0, 0.05) is 11.8 Å². The van der Waals surface area contributed by atoms with E-state index >= 15 is 0 Å². The average molecular weight is 282 g/mol. The van der Waals surface area contributed by atoms with Gasteiger partial charge in [0.05, 0.1) is 13.7 Å². The molecule has 0 spiro atoms. The van der Waals surface area contributed by atoms with E-state index in [0.29, 0.717) is 0 Å². The van der Waals surface area contributed by atoms with Crippen LogP contribution in [0.15, 0.2) is 11.1 Å². The van der Waals surface area contributed by atoms with Gasteiger partial charge in [-0.3, -0.25) is 0 Å². The molecular weight excluding hydrogens is 270 g/mol. The lowest BCUT2D eigenvalue weighted by Gasteiger charge is -2.05. The largest absolute Gasteiger partial charge is 0.464 e. The Hall–Kier alpha value is -1.48. The maximum absolute atomic E-state index is 12.0. The van der Waals surface area contributed by atoms with Crippen LogP contribution in [0.1, 0.15) is 16.1 Å². The van der Waals surface area contributed by atoms with Crippen LogP contribution >= 0.6 is 0 Å². The first-order valence-corrected chi connectivity index (χ1v) is 6.32. The Bertz CT molecular complexity index is 539. The summed E-state index contributed by atoms with van der Waals surface area (Å²) in [6.07, 6.45) is -1.74. The number of aromatic amines is 1. The van der Waals surface area contributed by atoms with E-state index in [1.807, 2.05) is 0 Å². The molecule has 1 aromatic rings. The van der Waals surface area contributed by atoms with Gasteiger partial charge in [0.25, 0.3) is 6.43 Å². The Morgan fingerprint density at radius 1 is 1.56 bits per heavy atom.